The number of hydrogen-bond acceptors (Lipinski definition) is 4. The highest BCUT2D eigenvalue weighted by atomic mass is 35.5. The molecule has 0 spiro atoms. The number of aromatic nitrogens is 2. The Kier molecular flexibility index (Phi) is 4.20. The van der Waals surface area contributed by atoms with Crippen molar-refractivity contribution in [3.63, 3.8) is 0 Å². The molecule has 2 aromatic rings. The highest BCUT2D eigenvalue weighted by Gasteiger charge is 2.15. The number of benzene rings is 1. The summed E-state index contributed by atoms with van der Waals surface area (Å²) in [5, 5.41) is 0.0407. The number of nitrogens with one attached hydrogen (secondary N) is 1. The van der Waals surface area contributed by atoms with Gasteiger partial charge in [0.05, 0.1) is 5.02 Å². The maximum atomic E-state index is 13.2. The number of rotatable bonds is 3. The molecular formula is C14H16ClFN4. The van der Waals surface area contributed by atoms with Crippen LogP contribution in [0.3, 0.4) is 0 Å². The summed E-state index contributed by atoms with van der Waals surface area (Å²) in [6.07, 6.45) is 0. The quantitative estimate of drug-likeness (QED) is 0.670. The van der Waals surface area contributed by atoms with E-state index < -0.39 is 5.82 Å². The minimum atomic E-state index is -0.469. The van der Waals surface area contributed by atoms with Crippen molar-refractivity contribution in [1.82, 2.24) is 9.97 Å². The van der Waals surface area contributed by atoms with Crippen LogP contribution in [0.25, 0.3) is 11.4 Å². The number of hydrogen-bond donors (Lipinski definition) is 2. The fourth-order valence-electron chi connectivity index (χ4n) is 2.15. The highest BCUT2D eigenvalue weighted by molar-refractivity contribution is 6.31. The second-order valence-electron chi connectivity index (χ2n) is 4.82. The van der Waals surface area contributed by atoms with Crippen molar-refractivity contribution >= 4 is 17.4 Å². The van der Waals surface area contributed by atoms with Crippen LogP contribution >= 0.6 is 11.6 Å². The number of halogens is 2. The van der Waals surface area contributed by atoms with Gasteiger partial charge in [-0.1, -0.05) is 25.4 Å². The molecule has 0 saturated carbocycles. The van der Waals surface area contributed by atoms with E-state index in [-0.39, 0.29) is 10.9 Å². The van der Waals surface area contributed by atoms with Gasteiger partial charge in [0.25, 0.3) is 0 Å². The normalized spacial score (nSPS) is 10.9. The molecule has 3 N–H and O–H groups in total. The van der Waals surface area contributed by atoms with Crippen LogP contribution in [0.15, 0.2) is 18.2 Å². The van der Waals surface area contributed by atoms with Crippen molar-refractivity contribution in [2.45, 2.75) is 26.7 Å². The third-order valence-corrected chi connectivity index (χ3v) is 3.32. The highest BCUT2D eigenvalue weighted by Crippen LogP contribution is 2.29. The fourth-order valence-corrected chi connectivity index (χ4v) is 2.33. The molecule has 0 saturated heterocycles. The summed E-state index contributed by atoms with van der Waals surface area (Å²) in [6, 6.07) is 4.38. The van der Waals surface area contributed by atoms with Gasteiger partial charge < -0.3 is 5.43 Å². The molecular weight excluding hydrogens is 279 g/mol. The minimum absolute atomic E-state index is 0.0407. The van der Waals surface area contributed by atoms with Gasteiger partial charge in [-0.25, -0.2) is 20.2 Å². The van der Waals surface area contributed by atoms with Crippen LogP contribution in [-0.4, -0.2) is 9.97 Å². The second kappa shape index (κ2) is 5.73. The molecule has 0 radical (unpaired) electrons. The van der Waals surface area contributed by atoms with Crippen LogP contribution in [0.5, 0.6) is 0 Å². The Morgan fingerprint density at radius 3 is 2.55 bits per heavy atom. The first kappa shape index (κ1) is 14.7. The monoisotopic (exact) mass is 294 g/mol. The van der Waals surface area contributed by atoms with Gasteiger partial charge in [0.1, 0.15) is 11.6 Å². The maximum Gasteiger partial charge on any atom is 0.161 e. The first-order chi connectivity index (χ1) is 9.43. The molecule has 106 valence electrons. The van der Waals surface area contributed by atoms with Gasteiger partial charge in [0, 0.05) is 16.8 Å². The second-order valence-corrected chi connectivity index (χ2v) is 5.23. The van der Waals surface area contributed by atoms with E-state index in [0.717, 1.165) is 11.3 Å². The van der Waals surface area contributed by atoms with E-state index in [9.17, 15) is 4.39 Å². The molecule has 0 bridgehead atoms. The minimum Gasteiger partial charge on any atom is -0.308 e. The zero-order valence-corrected chi connectivity index (χ0v) is 12.3. The van der Waals surface area contributed by atoms with Gasteiger partial charge in [-0.05, 0) is 31.0 Å². The van der Waals surface area contributed by atoms with E-state index in [0.29, 0.717) is 17.2 Å². The van der Waals surface area contributed by atoms with Crippen LogP contribution in [0.4, 0.5) is 10.2 Å². The van der Waals surface area contributed by atoms with Gasteiger partial charge in [0.2, 0.25) is 0 Å². The summed E-state index contributed by atoms with van der Waals surface area (Å²) in [7, 11) is 0. The lowest BCUT2D eigenvalue weighted by Gasteiger charge is -2.15. The van der Waals surface area contributed by atoms with E-state index >= 15 is 0 Å². The third-order valence-electron chi connectivity index (χ3n) is 3.03. The first-order valence-corrected chi connectivity index (χ1v) is 6.62. The summed E-state index contributed by atoms with van der Waals surface area (Å²) < 4.78 is 13.2. The lowest BCUT2D eigenvalue weighted by atomic mass is 10.0. The standard InChI is InChI=1S/C14H16ClFN4/c1-7(2)12-8(3)18-13(19-14(12)20-17)9-4-5-11(16)10(15)6-9/h4-7H,17H2,1-3H3,(H,18,19,20). The maximum absolute atomic E-state index is 13.2. The molecule has 0 aliphatic heterocycles. The van der Waals surface area contributed by atoms with E-state index in [2.05, 4.69) is 15.4 Å². The first-order valence-electron chi connectivity index (χ1n) is 6.24. The molecule has 1 heterocycles. The van der Waals surface area contributed by atoms with E-state index in [1.165, 1.54) is 12.1 Å². The Morgan fingerprint density at radius 2 is 2.00 bits per heavy atom. The Bertz CT molecular complexity index is 643. The number of nitrogens with two attached hydrogens (primary N) is 1. The van der Waals surface area contributed by atoms with Gasteiger partial charge in [-0.2, -0.15) is 0 Å². The summed E-state index contributed by atoms with van der Waals surface area (Å²) >= 11 is 5.79. The predicted molar refractivity (Wildman–Crippen MR) is 79.1 cm³/mol. The van der Waals surface area contributed by atoms with E-state index in [4.69, 9.17) is 17.4 Å². The summed E-state index contributed by atoms with van der Waals surface area (Å²) in [5.41, 5.74) is 5.03. The van der Waals surface area contributed by atoms with Gasteiger partial charge in [-0.3, -0.25) is 0 Å². The molecule has 0 aliphatic rings. The largest absolute Gasteiger partial charge is 0.308 e. The molecule has 0 atom stereocenters. The van der Waals surface area contributed by atoms with Crippen molar-refractivity contribution in [3.05, 3.63) is 40.3 Å². The average molecular weight is 295 g/mol. The predicted octanol–water partition coefficient (Wildman–Crippen LogP) is 3.65. The topological polar surface area (TPSA) is 63.8 Å². The molecule has 2 rings (SSSR count). The SMILES string of the molecule is Cc1nc(-c2ccc(F)c(Cl)c2)nc(NN)c1C(C)C. The Balaban J connectivity index is 2.58. The van der Waals surface area contributed by atoms with Crippen LogP contribution in [0.2, 0.25) is 5.02 Å². The lowest BCUT2D eigenvalue weighted by molar-refractivity contribution is 0.628. The molecule has 20 heavy (non-hydrogen) atoms. The van der Waals surface area contributed by atoms with Crippen molar-refractivity contribution in [1.29, 1.82) is 0 Å². The third kappa shape index (κ3) is 2.73. The van der Waals surface area contributed by atoms with Crippen LogP contribution < -0.4 is 11.3 Å². The number of hydrazine groups is 1. The van der Waals surface area contributed by atoms with Crippen molar-refractivity contribution in [2.75, 3.05) is 5.43 Å². The molecule has 1 aromatic carbocycles. The Labute approximate surface area is 122 Å². The molecule has 1 aromatic heterocycles. The lowest BCUT2D eigenvalue weighted by Crippen LogP contribution is -2.14. The molecule has 6 heteroatoms. The van der Waals surface area contributed by atoms with Crippen molar-refractivity contribution in [3.8, 4) is 11.4 Å². The van der Waals surface area contributed by atoms with Gasteiger partial charge >= 0.3 is 0 Å². The molecule has 4 nitrogen and oxygen atoms in total. The Hall–Kier alpha value is -1.72. The fraction of sp³-hybridized carbons (Fsp3) is 0.286. The van der Waals surface area contributed by atoms with Gasteiger partial charge in [-0.15, -0.1) is 0 Å². The van der Waals surface area contributed by atoms with Crippen LogP contribution in [0, 0.1) is 12.7 Å². The smallest absolute Gasteiger partial charge is 0.161 e. The van der Waals surface area contributed by atoms with E-state index in [1.54, 1.807) is 6.07 Å². The summed E-state index contributed by atoms with van der Waals surface area (Å²) in [4.78, 5) is 8.84. The molecule has 0 amide bonds. The zero-order chi connectivity index (χ0) is 14.9. The Morgan fingerprint density at radius 1 is 1.30 bits per heavy atom. The number of nitrogen functional groups attached to an aromatic ring is 1. The summed E-state index contributed by atoms with van der Waals surface area (Å²) in [5.74, 6) is 6.34. The van der Waals surface area contributed by atoms with Crippen LogP contribution in [0.1, 0.15) is 31.0 Å². The summed E-state index contributed by atoms with van der Waals surface area (Å²) in [6.45, 7) is 5.98. The van der Waals surface area contributed by atoms with Crippen LogP contribution in [-0.2, 0) is 0 Å². The number of nitrogens with zero attached hydrogens (tertiary/aromatic N) is 2. The van der Waals surface area contributed by atoms with Gasteiger partial charge in [0.15, 0.2) is 5.82 Å². The average Bonchev–Trinajstić information content (AvgIpc) is 2.40. The van der Waals surface area contributed by atoms with Crippen molar-refractivity contribution in [2.24, 2.45) is 5.84 Å². The van der Waals surface area contributed by atoms with Crippen molar-refractivity contribution < 1.29 is 4.39 Å². The zero-order valence-electron chi connectivity index (χ0n) is 11.5. The molecule has 0 unspecified atom stereocenters. The molecule has 0 fully saturated rings. The number of aryl methyl sites for hydroxylation is 1. The molecule has 0 aliphatic carbocycles. The number of anilines is 1. The van der Waals surface area contributed by atoms with E-state index in [1.807, 2.05) is 20.8 Å².